The third-order valence-corrected chi connectivity index (χ3v) is 2.15. The molecule has 1 aromatic carbocycles. The lowest BCUT2D eigenvalue weighted by molar-refractivity contribution is 0.477. The number of aryl methyl sites for hydroxylation is 1. The second-order valence-electron chi connectivity index (χ2n) is 3.58. The minimum Gasteiger partial charge on any atom is -0.444 e. The van der Waals surface area contributed by atoms with Crippen molar-refractivity contribution in [1.82, 2.24) is 4.98 Å². The van der Waals surface area contributed by atoms with Crippen molar-refractivity contribution in [2.75, 3.05) is 11.1 Å². The van der Waals surface area contributed by atoms with Crippen molar-refractivity contribution in [3.63, 3.8) is 0 Å². The van der Waals surface area contributed by atoms with E-state index >= 15 is 0 Å². The lowest BCUT2D eigenvalue weighted by Gasteiger charge is -2.07. The highest BCUT2D eigenvalue weighted by Crippen LogP contribution is 2.22. The van der Waals surface area contributed by atoms with Crippen molar-refractivity contribution in [1.29, 1.82) is 0 Å². The molecule has 0 atom stereocenters. The molecule has 6 heteroatoms. The smallest absolute Gasteiger partial charge is 0.213 e. The van der Waals surface area contributed by atoms with Crippen LogP contribution in [0.4, 0.5) is 20.2 Å². The first kappa shape index (κ1) is 11.4. The molecule has 1 aromatic heterocycles. The molecule has 0 aliphatic carbocycles. The molecule has 2 rings (SSSR count). The molecule has 0 saturated heterocycles. The predicted molar refractivity (Wildman–Crippen MR) is 59.3 cm³/mol. The fourth-order valence-electron chi connectivity index (χ4n) is 1.41. The Kier molecular flexibility index (Phi) is 2.95. The van der Waals surface area contributed by atoms with Crippen molar-refractivity contribution >= 4 is 11.4 Å². The van der Waals surface area contributed by atoms with E-state index in [2.05, 4.69) is 10.3 Å². The Labute approximate surface area is 96.5 Å². The molecule has 0 fully saturated rings. The number of nitrogens with one attached hydrogen (secondary N) is 1. The van der Waals surface area contributed by atoms with Gasteiger partial charge in [0.15, 0.2) is 11.6 Å². The van der Waals surface area contributed by atoms with Gasteiger partial charge in [-0.3, -0.25) is 0 Å². The summed E-state index contributed by atoms with van der Waals surface area (Å²) in [5.74, 6) is -0.491. The Morgan fingerprint density at radius 2 is 2.00 bits per heavy atom. The zero-order valence-electron chi connectivity index (χ0n) is 9.13. The highest BCUT2D eigenvalue weighted by Gasteiger charge is 2.11. The van der Waals surface area contributed by atoms with Crippen LogP contribution in [0.5, 0.6) is 0 Å². The molecule has 0 amide bonds. The average Bonchev–Trinajstić information content (AvgIpc) is 2.62. The summed E-state index contributed by atoms with van der Waals surface area (Å²) in [7, 11) is 0. The van der Waals surface area contributed by atoms with Gasteiger partial charge < -0.3 is 15.5 Å². The first-order chi connectivity index (χ1) is 8.06. The van der Waals surface area contributed by atoms with E-state index in [9.17, 15) is 8.78 Å². The molecule has 17 heavy (non-hydrogen) atoms. The van der Waals surface area contributed by atoms with Gasteiger partial charge in [-0.25, -0.2) is 13.8 Å². The fourth-order valence-corrected chi connectivity index (χ4v) is 1.41. The van der Waals surface area contributed by atoms with E-state index < -0.39 is 11.6 Å². The first-order valence-corrected chi connectivity index (χ1v) is 4.96. The quantitative estimate of drug-likeness (QED) is 0.807. The Morgan fingerprint density at radius 3 is 2.53 bits per heavy atom. The largest absolute Gasteiger partial charge is 0.444 e. The maximum atomic E-state index is 13.4. The van der Waals surface area contributed by atoms with Crippen LogP contribution in [-0.2, 0) is 6.54 Å². The van der Waals surface area contributed by atoms with Crippen LogP contribution in [0.3, 0.4) is 0 Å². The number of nitrogens with two attached hydrogens (primary N) is 1. The van der Waals surface area contributed by atoms with E-state index in [1.165, 1.54) is 6.20 Å². The van der Waals surface area contributed by atoms with Gasteiger partial charge in [-0.1, -0.05) is 0 Å². The Morgan fingerprint density at radius 1 is 1.35 bits per heavy atom. The summed E-state index contributed by atoms with van der Waals surface area (Å²) in [6, 6.07) is 2.10. The Balaban J connectivity index is 2.14. The number of hydrogen-bond acceptors (Lipinski definition) is 4. The van der Waals surface area contributed by atoms with Crippen LogP contribution in [0.15, 0.2) is 22.7 Å². The lowest BCUT2D eigenvalue weighted by atomic mass is 10.2. The fraction of sp³-hybridized carbons (Fsp3) is 0.182. The van der Waals surface area contributed by atoms with Gasteiger partial charge in [-0.05, 0) is 19.1 Å². The molecule has 1 heterocycles. The highest BCUT2D eigenvalue weighted by atomic mass is 19.1. The van der Waals surface area contributed by atoms with Gasteiger partial charge in [0.2, 0.25) is 5.89 Å². The molecule has 0 saturated carbocycles. The van der Waals surface area contributed by atoms with E-state index in [0.29, 0.717) is 11.7 Å². The van der Waals surface area contributed by atoms with Crippen LogP contribution in [0.25, 0.3) is 0 Å². The van der Waals surface area contributed by atoms with Gasteiger partial charge in [0.25, 0.3) is 0 Å². The molecule has 0 radical (unpaired) electrons. The Hall–Kier alpha value is -2.11. The number of nitrogens with zero attached hydrogens (tertiary/aromatic N) is 1. The van der Waals surface area contributed by atoms with E-state index in [0.717, 1.165) is 12.1 Å². The summed E-state index contributed by atoms with van der Waals surface area (Å²) in [6.07, 6.45) is 1.53. The van der Waals surface area contributed by atoms with Gasteiger partial charge in [0, 0.05) is 5.69 Å². The van der Waals surface area contributed by atoms with Gasteiger partial charge in [-0.2, -0.15) is 0 Å². The van der Waals surface area contributed by atoms with Gasteiger partial charge in [0.05, 0.1) is 12.7 Å². The normalized spacial score (nSPS) is 10.5. The lowest BCUT2D eigenvalue weighted by Crippen LogP contribution is -2.05. The molecular weight excluding hydrogens is 228 g/mol. The van der Waals surface area contributed by atoms with Crippen LogP contribution >= 0.6 is 0 Å². The van der Waals surface area contributed by atoms with Crippen molar-refractivity contribution in [2.45, 2.75) is 13.5 Å². The summed E-state index contributed by atoms with van der Waals surface area (Å²) >= 11 is 0. The molecule has 0 unspecified atom stereocenters. The SMILES string of the molecule is Cc1cnc(CNc2c(F)cc(N)cc2F)o1. The number of hydrogen-bond donors (Lipinski definition) is 2. The van der Waals surface area contributed by atoms with Gasteiger partial charge >= 0.3 is 0 Å². The van der Waals surface area contributed by atoms with Crippen LogP contribution in [-0.4, -0.2) is 4.98 Å². The third-order valence-electron chi connectivity index (χ3n) is 2.15. The number of aromatic nitrogens is 1. The van der Waals surface area contributed by atoms with Gasteiger partial charge in [-0.15, -0.1) is 0 Å². The summed E-state index contributed by atoms with van der Waals surface area (Å²) in [6.45, 7) is 1.84. The topological polar surface area (TPSA) is 64.1 Å². The van der Waals surface area contributed by atoms with Crippen molar-refractivity contribution < 1.29 is 13.2 Å². The minimum atomic E-state index is -0.745. The maximum absolute atomic E-state index is 13.4. The minimum absolute atomic E-state index is 0.0394. The number of rotatable bonds is 3. The maximum Gasteiger partial charge on any atom is 0.213 e. The summed E-state index contributed by atoms with van der Waals surface area (Å²) in [4.78, 5) is 3.91. The van der Waals surface area contributed by atoms with Crippen molar-refractivity contribution in [2.24, 2.45) is 0 Å². The Bertz CT molecular complexity index is 516. The standard InChI is InChI=1S/C11H11F2N3O/c1-6-4-15-10(17-6)5-16-11-8(12)2-7(14)3-9(11)13/h2-4,16H,5,14H2,1H3. The average molecular weight is 239 g/mol. The summed E-state index contributed by atoms with van der Waals surface area (Å²) in [5, 5.41) is 2.58. The first-order valence-electron chi connectivity index (χ1n) is 4.96. The van der Waals surface area contributed by atoms with Crippen LogP contribution in [0, 0.1) is 18.6 Å². The number of anilines is 2. The molecule has 3 N–H and O–H groups in total. The molecule has 0 aliphatic heterocycles. The van der Waals surface area contributed by atoms with Gasteiger partial charge in [0.1, 0.15) is 11.4 Å². The number of benzene rings is 1. The number of halogens is 2. The molecule has 90 valence electrons. The van der Waals surface area contributed by atoms with Crippen LogP contribution in [0.2, 0.25) is 0 Å². The molecule has 0 aliphatic rings. The zero-order chi connectivity index (χ0) is 12.4. The second-order valence-corrected chi connectivity index (χ2v) is 3.58. The van der Waals surface area contributed by atoms with E-state index in [-0.39, 0.29) is 17.9 Å². The van der Waals surface area contributed by atoms with E-state index in [1.54, 1.807) is 6.92 Å². The van der Waals surface area contributed by atoms with Crippen LogP contribution < -0.4 is 11.1 Å². The molecule has 4 nitrogen and oxygen atoms in total. The van der Waals surface area contributed by atoms with Crippen molar-refractivity contribution in [3.05, 3.63) is 41.6 Å². The molecular formula is C11H11F2N3O. The third kappa shape index (κ3) is 2.52. The molecule has 0 spiro atoms. The van der Waals surface area contributed by atoms with E-state index in [4.69, 9.17) is 10.2 Å². The molecule has 0 bridgehead atoms. The number of oxazole rings is 1. The number of nitrogen functional groups attached to an aromatic ring is 1. The highest BCUT2D eigenvalue weighted by molar-refractivity contribution is 5.53. The monoisotopic (exact) mass is 239 g/mol. The van der Waals surface area contributed by atoms with Crippen LogP contribution in [0.1, 0.15) is 11.7 Å². The zero-order valence-corrected chi connectivity index (χ0v) is 9.13. The predicted octanol–water partition coefficient (Wildman–Crippen LogP) is 2.46. The van der Waals surface area contributed by atoms with Crippen molar-refractivity contribution in [3.8, 4) is 0 Å². The second kappa shape index (κ2) is 4.40. The summed E-state index contributed by atoms with van der Waals surface area (Å²) < 4.78 is 31.9. The summed E-state index contributed by atoms with van der Waals surface area (Å²) in [5.41, 5.74) is 5.10. The van der Waals surface area contributed by atoms with E-state index in [1.807, 2.05) is 0 Å². The molecule has 2 aromatic rings.